The fraction of sp³-hybridized carbons (Fsp3) is 0.462. The number of nitrogen functional groups attached to an aromatic ring is 1. The first-order chi connectivity index (χ1) is 9.45. The molecule has 0 aliphatic carbocycles. The van der Waals surface area contributed by atoms with Crippen LogP contribution >= 0.6 is 0 Å². The zero-order valence-corrected chi connectivity index (χ0v) is 12.3. The van der Waals surface area contributed by atoms with Crippen molar-refractivity contribution < 1.29 is 4.79 Å². The molecular formula is C13H20N6O. The Kier molecular flexibility index (Phi) is 3.78. The maximum absolute atomic E-state index is 12.5. The fourth-order valence-electron chi connectivity index (χ4n) is 2.12. The number of amides is 1. The van der Waals surface area contributed by atoms with Gasteiger partial charge in [0.2, 0.25) is 0 Å². The van der Waals surface area contributed by atoms with Crippen LogP contribution in [0.5, 0.6) is 0 Å². The molecule has 0 saturated carbocycles. The summed E-state index contributed by atoms with van der Waals surface area (Å²) in [6, 6.07) is 0. The Morgan fingerprint density at radius 2 is 2.15 bits per heavy atom. The maximum Gasteiger partial charge on any atom is 0.274 e. The maximum atomic E-state index is 12.5. The Bertz CT molecular complexity index is 627. The number of rotatable bonds is 4. The van der Waals surface area contributed by atoms with E-state index in [1.54, 1.807) is 29.9 Å². The lowest BCUT2D eigenvalue weighted by Gasteiger charge is -2.17. The van der Waals surface area contributed by atoms with E-state index in [-0.39, 0.29) is 5.91 Å². The number of hydrogen-bond acceptors (Lipinski definition) is 4. The van der Waals surface area contributed by atoms with Gasteiger partial charge in [-0.2, -0.15) is 5.10 Å². The molecule has 0 radical (unpaired) electrons. The van der Waals surface area contributed by atoms with Gasteiger partial charge in [0.25, 0.3) is 5.91 Å². The number of carbonyl (C=O) groups excluding carboxylic acids is 1. The molecule has 0 unspecified atom stereocenters. The van der Waals surface area contributed by atoms with Crippen molar-refractivity contribution in [1.29, 1.82) is 0 Å². The molecule has 2 rings (SSSR count). The largest absolute Gasteiger partial charge is 0.395 e. The average molecular weight is 276 g/mol. The molecule has 0 spiro atoms. The van der Waals surface area contributed by atoms with Crippen LogP contribution in [0.15, 0.2) is 12.4 Å². The van der Waals surface area contributed by atoms with Gasteiger partial charge in [-0.15, -0.1) is 0 Å². The summed E-state index contributed by atoms with van der Waals surface area (Å²) in [6.45, 7) is 2.39. The van der Waals surface area contributed by atoms with Crippen LogP contribution in [-0.4, -0.2) is 37.2 Å². The smallest absolute Gasteiger partial charge is 0.274 e. The molecule has 2 aromatic rings. The molecule has 2 heterocycles. The number of carbonyl (C=O) groups is 1. The molecule has 7 nitrogen and oxygen atoms in total. The minimum Gasteiger partial charge on any atom is -0.395 e. The van der Waals surface area contributed by atoms with Gasteiger partial charge in [-0.05, 0) is 6.42 Å². The van der Waals surface area contributed by atoms with Crippen LogP contribution in [0.4, 0.5) is 5.69 Å². The highest BCUT2D eigenvalue weighted by Gasteiger charge is 2.22. The summed E-state index contributed by atoms with van der Waals surface area (Å²) >= 11 is 0. The lowest BCUT2D eigenvalue weighted by atomic mass is 10.2. The van der Waals surface area contributed by atoms with Gasteiger partial charge in [0.1, 0.15) is 11.5 Å². The van der Waals surface area contributed by atoms with E-state index in [0.29, 0.717) is 24.3 Å². The van der Waals surface area contributed by atoms with Crippen molar-refractivity contribution in [2.45, 2.75) is 19.9 Å². The summed E-state index contributed by atoms with van der Waals surface area (Å²) in [5.74, 6) is 0.664. The van der Waals surface area contributed by atoms with Gasteiger partial charge in [-0.1, -0.05) is 6.92 Å². The SMILES string of the molecule is CCc1nn(C)c(C(=O)N(C)Cc2nccn2C)c1N. The van der Waals surface area contributed by atoms with Crippen molar-refractivity contribution in [3.63, 3.8) is 0 Å². The van der Waals surface area contributed by atoms with Gasteiger partial charge < -0.3 is 15.2 Å². The number of imidazole rings is 1. The zero-order chi connectivity index (χ0) is 14.9. The molecule has 7 heteroatoms. The van der Waals surface area contributed by atoms with Gasteiger partial charge >= 0.3 is 0 Å². The first-order valence-corrected chi connectivity index (χ1v) is 6.48. The van der Waals surface area contributed by atoms with Gasteiger partial charge in [0, 0.05) is 33.5 Å². The zero-order valence-electron chi connectivity index (χ0n) is 12.3. The van der Waals surface area contributed by atoms with E-state index < -0.39 is 0 Å². The molecular weight excluding hydrogens is 256 g/mol. The van der Waals surface area contributed by atoms with E-state index in [1.807, 2.05) is 24.7 Å². The normalized spacial score (nSPS) is 10.8. The first-order valence-electron chi connectivity index (χ1n) is 6.48. The minimum absolute atomic E-state index is 0.153. The minimum atomic E-state index is -0.153. The van der Waals surface area contributed by atoms with Crippen LogP contribution in [0, 0.1) is 0 Å². The van der Waals surface area contributed by atoms with E-state index in [0.717, 1.165) is 11.5 Å². The highest BCUT2D eigenvalue weighted by atomic mass is 16.2. The summed E-state index contributed by atoms with van der Waals surface area (Å²) in [6.07, 6.45) is 4.26. The molecule has 0 aliphatic rings. The number of anilines is 1. The molecule has 0 saturated heterocycles. The summed E-state index contributed by atoms with van der Waals surface area (Å²) in [5, 5.41) is 4.27. The predicted molar refractivity (Wildman–Crippen MR) is 76.0 cm³/mol. The Balaban J connectivity index is 2.23. The molecule has 0 atom stereocenters. The summed E-state index contributed by atoms with van der Waals surface area (Å²) in [4.78, 5) is 18.3. The Morgan fingerprint density at radius 3 is 2.65 bits per heavy atom. The number of aryl methyl sites for hydroxylation is 3. The molecule has 0 aromatic carbocycles. The van der Waals surface area contributed by atoms with E-state index in [1.165, 1.54) is 0 Å². The van der Waals surface area contributed by atoms with Crippen LogP contribution in [0.25, 0.3) is 0 Å². The van der Waals surface area contributed by atoms with Crippen molar-refractivity contribution in [3.05, 3.63) is 29.6 Å². The second kappa shape index (κ2) is 5.36. The van der Waals surface area contributed by atoms with E-state index >= 15 is 0 Å². The lowest BCUT2D eigenvalue weighted by Crippen LogP contribution is -2.29. The number of hydrogen-bond donors (Lipinski definition) is 1. The monoisotopic (exact) mass is 276 g/mol. The fourth-order valence-corrected chi connectivity index (χ4v) is 2.12. The second-order valence-electron chi connectivity index (χ2n) is 4.80. The van der Waals surface area contributed by atoms with Crippen LogP contribution < -0.4 is 5.73 Å². The summed E-state index contributed by atoms with van der Waals surface area (Å²) in [5.41, 5.74) is 7.65. The number of aromatic nitrogens is 4. The van der Waals surface area contributed by atoms with Crippen LogP contribution in [-0.2, 0) is 27.1 Å². The van der Waals surface area contributed by atoms with E-state index in [9.17, 15) is 4.79 Å². The third-order valence-electron chi connectivity index (χ3n) is 3.34. The second-order valence-corrected chi connectivity index (χ2v) is 4.80. The third-order valence-corrected chi connectivity index (χ3v) is 3.34. The summed E-state index contributed by atoms with van der Waals surface area (Å²) in [7, 11) is 5.36. The van der Waals surface area contributed by atoms with Crippen molar-refractivity contribution in [1.82, 2.24) is 24.2 Å². The van der Waals surface area contributed by atoms with Crippen LogP contribution in [0.2, 0.25) is 0 Å². The predicted octanol–water partition coefficient (Wildman–Crippen LogP) is 0.570. The topological polar surface area (TPSA) is 82.0 Å². The molecule has 0 bridgehead atoms. The van der Waals surface area contributed by atoms with Crippen molar-refractivity contribution in [3.8, 4) is 0 Å². The van der Waals surface area contributed by atoms with E-state index in [4.69, 9.17) is 5.73 Å². The van der Waals surface area contributed by atoms with Crippen molar-refractivity contribution in [2.24, 2.45) is 14.1 Å². The summed E-state index contributed by atoms with van der Waals surface area (Å²) < 4.78 is 3.43. The molecule has 0 fully saturated rings. The molecule has 0 aliphatic heterocycles. The first kappa shape index (κ1) is 14.1. The van der Waals surface area contributed by atoms with Gasteiger partial charge in [0.05, 0.1) is 17.9 Å². The van der Waals surface area contributed by atoms with Crippen LogP contribution in [0.1, 0.15) is 28.9 Å². The number of nitrogens with zero attached hydrogens (tertiary/aromatic N) is 5. The van der Waals surface area contributed by atoms with Crippen molar-refractivity contribution in [2.75, 3.05) is 12.8 Å². The highest BCUT2D eigenvalue weighted by Crippen LogP contribution is 2.19. The van der Waals surface area contributed by atoms with Gasteiger partial charge in [-0.25, -0.2) is 4.98 Å². The molecule has 1 amide bonds. The van der Waals surface area contributed by atoms with E-state index in [2.05, 4.69) is 10.1 Å². The third kappa shape index (κ3) is 2.38. The van der Waals surface area contributed by atoms with Gasteiger partial charge in [0.15, 0.2) is 0 Å². The Labute approximate surface area is 118 Å². The molecule has 2 N–H and O–H groups in total. The standard InChI is InChI=1S/C13H20N6O/c1-5-9-11(14)12(19(4)16-9)13(20)18(3)8-10-15-6-7-17(10)2/h6-7H,5,8,14H2,1-4H3. The van der Waals surface area contributed by atoms with Crippen LogP contribution in [0.3, 0.4) is 0 Å². The average Bonchev–Trinajstić information content (AvgIpc) is 2.93. The highest BCUT2D eigenvalue weighted by molar-refractivity contribution is 5.97. The Morgan fingerprint density at radius 1 is 1.45 bits per heavy atom. The van der Waals surface area contributed by atoms with Gasteiger partial charge in [-0.3, -0.25) is 9.48 Å². The quantitative estimate of drug-likeness (QED) is 0.885. The molecule has 2 aromatic heterocycles. The lowest BCUT2D eigenvalue weighted by molar-refractivity contribution is 0.0770. The molecule has 20 heavy (non-hydrogen) atoms. The van der Waals surface area contributed by atoms with Crippen molar-refractivity contribution >= 4 is 11.6 Å². The molecule has 108 valence electrons. The Hall–Kier alpha value is -2.31. The number of nitrogens with two attached hydrogens (primary N) is 1.